The summed E-state index contributed by atoms with van der Waals surface area (Å²) in [6, 6.07) is 8.75. The van der Waals surface area contributed by atoms with Gasteiger partial charge in [0.1, 0.15) is 0 Å². The van der Waals surface area contributed by atoms with Crippen molar-refractivity contribution in [1.29, 1.82) is 5.26 Å². The van der Waals surface area contributed by atoms with E-state index in [9.17, 15) is 4.79 Å². The van der Waals surface area contributed by atoms with Crippen molar-refractivity contribution in [2.24, 2.45) is 5.16 Å². The first kappa shape index (κ1) is 9.93. The van der Waals surface area contributed by atoms with Crippen molar-refractivity contribution < 1.29 is 9.63 Å². The standard InChI is InChI=1S/C10H8N2O2/c1-8(13)14-12-7-10-4-2-9(6-11)3-5-10/h2-5,7H,1H3. The van der Waals surface area contributed by atoms with Crippen molar-refractivity contribution in [2.45, 2.75) is 6.92 Å². The lowest BCUT2D eigenvalue weighted by Crippen LogP contribution is -1.91. The zero-order chi connectivity index (χ0) is 10.4. The van der Waals surface area contributed by atoms with Gasteiger partial charge in [0.2, 0.25) is 0 Å². The number of carbonyl (C=O) groups excluding carboxylic acids is 1. The van der Waals surface area contributed by atoms with Crippen LogP contribution in [0.5, 0.6) is 0 Å². The van der Waals surface area contributed by atoms with Crippen LogP contribution in [0.15, 0.2) is 29.4 Å². The van der Waals surface area contributed by atoms with E-state index in [-0.39, 0.29) is 0 Å². The molecule has 0 aliphatic heterocycles. The molecule has 0 aliphatic carbocycles. The smallest absolute Gasteiger partial charge is 0.319 e. The van der Waals surface area contributed by atoms with Crippen LogP contribution < -0.4 is 0 Å². The number of nitriles is 1. The summed E-state index contributed by atoms with van der Waals surface area (Å²) < 4.78 is 0. The van der Waals surface area contributed by atoms with Gasteiger partial charge in [0.15, 0.2) is 0 Å². The second kappa shape index (κ2) is 4.77. The lowest BCUT2D eigenvalue weighted by molar-refractivity contribution is -0.140. The third-order valence-corrected chi connectivity index (χ3v) is 1.42. The van der Waals surface area contributed by atoms with Gasteiger partial charge in [-0.2, -0.15) is 5.26 Å². The molecule has 1 aromatic carbocycles. The van der Waals surface area contributed by atoms with E-state index in [4.69, 9.17) is 5.26 Å². The minimum atomic E-state index is -0.463. The molecule has 0 saturated carbocycles. The van der Waals surface area contributed by atoms with Crippen LogP contribution in [0, 0.1) is 11.3 Å². The number of hydrogen-bond acceptors (Lipinski definition) is 4. The second-order valence-electron chi connectivity index (χ2n) is 2.55. The molecule has 0 heterocycles. The Morgan fingerprint density at radius 3 is 2.64 bits per heavy atom. The summed E-state index contributed by atoms with van der Waals surface area (Å²) in [5.41, 5.74) is 1.35. The molecule has 0 aliphatic rings. The third-order valence-electron chi connectivity index (χ3n) is 1.42. The number of nitrogens with zero attached hydrogens (tertiary/aromatic N) is 2. The SMILES string of the molecule is CC(=O)ON=Cc1ccc(C#N)cc1. The zero-order valence-corrected chi connectivity index (χ0v) is 7.60. The van der Waals surface area contributed by atoms with Gasteiger partial charge in [0.25, 0.3) is 0 Å². The second-order valence-corrected chi connectivity index (χ2v) is 2.55. The molecule has 0 amide bonds. The van der Waals surface area contributed by atoms with Crippen LogP contribution in [0.4, 0.5) is 0 Å². The summed E-state index contributed by atoms with van der Waals surface area (Å²) in [6.07, 6.45) is 1.41. The number of hydrogen-bond donors (Lipinski definition) is 0. The molecule has 1 aromatic rings. The Bertz CT molecular complexity index is 388. The third kappa shape index (κ3) is 3.07. The van der Waals surface area contributed by atoms with Gasteiger partial charge >= 0.3 is 5.97 Å². The van der Waals surface area contributed by atoms with E-state index in [1.165, 1.54) is 13.1 Å². The topological polar surface area (TPSA) is 62.4 Å². The predicted molar refractivity (Wildman–Crippen MR) is 50.5 cm³/mol. The van der Waals surface area contributed by atoms with E-state index in [0.29, 0.717) is 5.56 Å². The largest absolute Gasteiger partial charge is 0.331 e. The van der Waals surface area contributed by atoms with E-state index in [1.54, 1.807) is 24.3 Å². The summed E-state index contributed by atoms with van der Waals surface area (Å²) in [5, 5.41) is 12.0. The fourth-order valence-electron chi connectivity index (χ4n) is 0.805. The molecule has 0 unspecified atom stereocenters. The van der Waals surface area contributed by atoms with Crippen molar-refractivity contribution in [3.05, 3.63) is 35.4 Å². The van der Waals surface area contributed by atoms with Gasteiger partial charge in [0, 0.05) is 6.92 Å². The molecular formula is C10H8N2O2. The highest BCUT2D eigenvalue weighted by atomic mass is 16.7. The summed E-state index contributed by atoms with van der Waals surface area (Å²) in [5.74, 6) is -0.463. The van der Waals surface area contributed by atoms with Crippen LogP contribution in [-0.4, -0.2) is 12.2 Å². The quantitative estimate of drug-likeness (QED) is 0.401. The molecule has 0 spiro atoms. The van der Waals surface area contributed by atoms with Crippen molar-refractivity contribution in [1.82, 2.24) is 0 Å². The van der Waals surface area contributed by atoms with Crippen LogP contribution in [0.1, 0.15) is 18.1 Å². The molecule has 1 rings (SSSR count). The first-order valence-electron chi connectivity index (χ1n) is 3.93. The van der Waals surface area contributed by atoms with Crippen molar-refractivity contribution >= 4 is 12.2 Å². The fourth-order valence-corrected chi connectivity index (χ4v) is 0.805. The highest BCUT2D eigenvalue weighted by Crippen LogP contribution is 2.00. The molecule has 70 valence electrons. The molecule has 0 saturated heterocycles. The summed E-state index contributed by atoms with van der Waals surface area (Å²) in [4.78, 5) is 14.7. The minimum Gasteiger partial charge on any atom is -0.319 e. The predicted octanol–water partition coefficient (Wildman–Crippen LogP) is 1.46. The van der Waals surface area contributed by atoms with Crippen molar-refractivity contribution in [3.8, 4) is 6.07 Å². The normalized spacial score (nSPS) is 9.71. The highest BCUT2D eigenvalue weighted by Gasteiger charge is 1.91. The fraction of sp³-hybridized carbons (Fsp3) is 0.100. The Morgan fingerprint density at radius 2 is 2.14 bits per heavy atom. The molecule has 0 aromatic heterocycles. The maximum atomic E-state index is 10.4. The van der Waals surface area contributed by atoms with E-state index in [1.807, 2.05) is 6.07 Å². The monoisotopic (exact) mass is 188 g/mol. The molecule has 0 fully saturated rings. The van der Waals surface area contributed by atoms with Gasteiger partial charge in [0.05, 0.1) is 17.8 Å². The number of benzene rings is 1. The zero-order valence-electron chi connectivity index (χ0n) is 7.60. The summed E-state index contributed by atoms with van der Waals surface area (Å²) in [6.45, 7) is 1.27. The molecule has 0 atom stereocenters. The summed E-state index contributed by atoms with van der Waals surface area (Å²) in [7, 11) is 0. The van der Waals surface area contributed by atoms with Gasteiger partial charge in [-0.05, 0) is 17.7 Å². The van der Waals surface area contributed by atoms with Crippen LogP contribution in [0.2, 0.25) is 0 Å². The Balaban J connectivity index is 2.65. The van der Waals surface area contributed by atoms with E-state index < -0.39 is 5.97 Å². The van der Waals surface area contributed by atoms with Gasteiger partial charge in [-0.25, -0.2) is 4.79 Å². The number of rotatable bonds is 2. The van der Waals surface area contributed by atoms with Gasteiger partial charge in [-0.1, -0.05) is 17.3 Å². The average Bonchev–Trinajstić information content (AvgIpc) is 2.18. The Kier molecular flexibility index (Phi) is 3.39. The van der Waals surface area contributed by atoms with Crippen molar-refractivity contribution in [2.75, 3.05) is 0 Å². The van der Waals surface area contributed by atoms with Crippen LogP contribution in [0.25, 0.3) is 0 Å². The van der Waals surface area contributed by atoms with Crippen LogP contribution >= 0.6 is 0 Å². The Labute approximate surface area is 81.4 Å². The highest BCUT2D eigenvalue weighted by molar-refractivity contribution is 5.80. The first-order chi connectivity index (χ1) is 6.72. The average molecular weight is 188 g/mol. The lowest BCUT2D eigenvalue weighted by Gasteiger charge is -1.92. The summed E-state index contributed by atoms with van der Waals surface area (Å²) >= 11 is 0. The Morgan fingerprint density at radius 1 is 1.50 bits per heavy atom. The van der Waals surface area contributed by atoms with Crippen LogP contribution in [-0.2, 0) is 9.63 Å². The number of carbonyl (C=O) groups is 1. The van der Waals surface area contributed by atoms with E-state index in [2.05, 4.69) is 9.99 Å². The van der Waals surface area contributed by atoms with E-state index in [0.717, 1.165) is 5.56 Å². The molecule has 4 nitrogen and oxygen atoms in total. The molecule has 0 N–H and O–H groups in total. The molecule has 4 heteroatoms. The van der Waals surface area contributed by atoms with E-state index >= 15 is 0 Å². The van der Waals surface area contributed by atoms with Crippen molar-refractivity contribution in [3.63, 3.8) is 0 Å². The molecular weight excluding hydrogens is 180 g/mol. The lowest BCUT2D eigenvalue weighted by atomic mass is 10.2. The molecule has 14 heavy (non-hydrogen) atoms. The minimum absolute atomic E-state index is 0.463. The number of oxime groups is 1. The van der Waals surface area contributed by atoms with Gasteiger partial charge in [-0.15, -0.1) is 0 Å². The Hall–Kier alpha value is -2.15. The molecule has 0 radical (unpaired) electrons. The van der Waals surface area contributed by atoms with Crippen LogP contribution in [0.3, 0.4) is 0 Å². The van der Waals surface area contributed by atoms with Gasteiger partial charge < -0.3 is 4.84 Å². The van der Waals surface area contributed by atoms with Gasteiger partial charge in [-0.3, -0.25) is 0 Å². The first-order valence-corrected chi connectivity index (χ1v) is 3.93. The molecule has 0 bridgehead atoms. The maximum Gasteiger partial charge on any atom is 0.331 e. The maximum absolute atomic E-state index is 10.4.